The van der Waals surface area contributed by atoms with Crippen LogP contribution in [-0.4, -0.2) is 62.3 Å². The summed E-state index contributed by atoms with van der Waals surface area (Å²) in [5.41, 5.74) is 1.23. The van der Waals surface area contributed by atoms with E-state index in [1.165, 1.54) is 18.4 Å². The predicted molar refractivity (Wildman–Crippen MR) is 161 cm³/mol. The minimum atomic E-state index is 0.0558. The van der Waals surface area contributed by atoms with Crippen LogP contribution in [-0.2, 0) is 14.3 Å². The van der Waals surface area contributed by atoms with E-state index >= 15 is 0 Å². The standard InChI is InChI=1S/C19H30N2O2.C7H16O.2C2H6.CH4O/c1-5-11-21(17(4)22)14-15(2)12-19(23)20-13-16(3)18-9-7-6-8-10-18;1-4-7(2)5-6-8-3;3*1-2/h6-10,15-16H,5,11-14H2,1-4H3,(H,20,23);7H,4-6H2,1-3H3;2*1-2H3;2H,1H3/t;7-;;;/m.0.../s1. The van der Waals surface area contributed by atoms with E-state index in [1.807, 2.05) is 57.7 Å². The third-order valence-electron chi connectivity index (χ3n) is 5.49. The summed E-state index contributed by atoms with van der Waals surface area (Å²) in [5, 5.41) is 10.0. The van der Waals surface area contributed by atoms with Gasteiger partial charge in [0, 0.05) is 53.8 Å². The van der Waals surface area contributed by atoms with Crippen LogP contribution in [0.4, 0.5) is 0 Å². The number of carbonyl (C=O) groups is 2. The van der Waals surface area contributed by atoms with E-state index in [4.69, 9.17) is 9.84 Å². The largest absolute Gasteiger partial charge is 0.400 e. The zero-order chi connectivity index (χ0) is 29.6. The molecule has 3 atom stereocenters. The van der Waals surface area contributed by atoms with Crippen LogP contribution in [0, 0.1) is 11.8 Å². The molecule has 2 unspecified atom stereocenters. The highest BCUT2D eigenvalue weighted by atomic mass is 16.5. The Hall–Kier alpha value is -1.92. The third-order valence-corrected chi connectivity index (χ3v) is 5.49. The van der Waals surface area contributed by atoms with Crippen LogP contribution in [0.5, 0.6) is 0 Å². The van der Waals surface area contributed by atoms with Gasteiger partial charge >= 0.3 is 0 Å². The van der Waals surface area contributed by atoms with E-state index in [0.29, 0.717) is 25.4 Å². The first-order valence-corrected chi connectivity index (χ1v) is 14.3. The van der Waals surface area contributed by atoms with Crippen LogP contribution in [0.3, 0.4) is 0 Å². The van der Waals surface area contributed by atoms with Crippen LogP contribution in [0.2, 0.25) is 0 Å². The molecule has 1 aromatic rings. The Morgan fingerprint density at radius 2 is 1.51 bits per heavy atom. The van der Waals surface area contributed by atoms with E-state index in [2.05, 4.69) is 45.1 Å². The maximum Gasteiger partial charge on any atom is 0.220 e. The van der Waals surface area contributed by atoms with Gasteiger partial charge in [-0.3, -0.25) is 9.59 Å². The fraction of sp³-hybridized carbons (Fsp3) is 0.742. The highest BCUT2D eigenvalue weighted by molar-refractivity contribution is 5.76. The lowest BCUT2D eigenvalue weighted by Gasteiger charge is -2.24. The van der Waals surface area contributed by atoms with Gasteiger partial charge in [0.2, 0.25) is 11.8 Å². The van der Waals surface area contributed by atoms with E-state index in [-0.39, 0.29) is 17.7 Å². The molecule has 0 spiro atoms. The van der Waals surface area contributed by atoms with Gasteiger partial charge in [-0.1, -0.05) is 99.1 Å². The minimum absolute atomic E-state index is 0.0558. The van der Waals surface area contributed by atoms with Crippen molar-refractivity contribution >= 4 is 11.8 Å². The van der Waals surface area contributed by atoms with Gasteiger partial charge in [0.1, 0.15) is 0 Å². The van der Waals surface area contributed by atoms with Crippen molar-refractivity contribution in [2.75, 3.05) is 40.5 Å². The molecule has 0 aliphatic carbocycles. The van der Waals surface area contributed by atoms with Crippen molar-refractivity contribution in [1.82, 2.24) is 10.2 Å². The molecule has 0 radical (unpaired) electrons. The Morgan fingerprint density at radius 3 is 1.95 bits per heavy atom. The third kappa shape index (κ3) is 26.9. The predicted octanol–water partition coefficient (Wildman–Crippen LogP) is 6.92. The normalized spacial score (nSPS) is 11.7. The number of amides is 2. The van der Waals surface area contributed by atoms with Crippen molar-refractivity contribution in [3.05, 3.63) is 35.9 Å². The summed E-state index contributed by atoms with van der Waals surface area (Å²) in [4.78, 5) is 25.5. The molecule has 37 heavy (non-hydrogen) atoms. The molecule has 0 heterocycles. The maximum atomic E-state index is 12.1. The molecular formula is C31H62N2O4. The van der Waals surface area contributed by atoms with Gasteiger partial charge in [0.05, 0.1) is 0 Å². The van der Waals surface area contributed by atoms with Crippen molar-refractivity contribution < 1.29 is 19.4 Å². The highest BCUT2D eigenvalue weighted by Crippen LogP contribution is 2.13. The molecule has 6 nitrogen and oxygen atoms in total. The second kappa shape index (κ2) is 32.1. The number of methoxy groups -OCH3 is 1. The van der Waals surface area contributed by atoms with Crippen molar-refractivity contribution in [3.63, 3.8) is 0 Å². The topological polar surface area (TPSA) is 78.9 Å². The molecule has 0 aliphatic rings. The fourth-order valence-electron chi connectivity index (χ4n) is 3.17. The average Bonchev–Trinajstić information content (AvgIpc) is 2.94. The van der Waals surface area contributed by atoms with Gasteiger partial charge in [-0.2, -0.15) is 0 Å². The number of hydrogen-bond acceptors (Lipinski definition) is 4. The quantitative estimate of drug-likeness (QED) is 0.292. The number of benzene rings is 1. The monoisotopic (exact) mass is 526 g/mol. The fourth-order valence-corrected chi connectivity index (χ4v) is 3.17. The SMILES string of the molecule is CC.CC.CCCN(CC(C)CC(=O)NCC(C)c1ccccc1)C(C)=O.CC[C@H](C)CCOC.CO. The summed E-state index contributed by atoms with van der Waals surface area (Å²) >= 11 is 0. The Labute approximate surface area is 230 Å². The molecule has 0 aliphatic heterocycles. The number of hydrogen-bond donors (Lipinski definition) is 2. The molecule has 1 aromatic carbocycles. The van der Waals surface area contributed by atoms with E-state index < -0.39 is 0 Å². The first-order chi connectivity index (χ1) is 17.7. The number of aliphatic hydroxyl groups is 1. The van der Waals surface area contributed by atoms with Crippen LogP contribution in [0.15, 0.2) is 30.3 Å². The average molecular weight is 527 g/mol. The first kappa shape index (κ1) is 42.2. The lowest BCUT2D eigenvalue weighted by molar-refractivity contribution is -0.130. The van der Waals surface area contributed by atoms with E-state index in [9.17, 15) is 9.59 Å². The van der Waals surface area contributed by atoms with Gasteiger partial charge in [-0.05, 0) is 36.2 Å². The molecule has 2 N–H and O–H groups in total. The van der Waals surface area contributed by atoms with Gasteiger partial charge in [-0.25, -0.2) is 0 Å². The molecule has 0 bridgehead atoms. The van der Waals surface area contributed by atoms with Gasteiger partial charge < -0.3 is 20.1 Å². The number of aliphatic hydroxyl groups excluding tert-OH is 1. The first-order valence-electron chi connectivity index (χ1n) is 14.3. The maximum absolute atomic E-state index is 12.1. The second-order valence-electron chi connectivity index (χ2n) is 8.69. The number of ether oxygens (including phenoxy) is 1. The lowest BCUT2D eigenvalue weighted by atomic mass is 10.0. The smallest absolute Gasteiger partial charge is 0.220 e. The van der Waals surface area contributed by atoms with Crippen molar-refractivity contribution in [2.45, 2.75) is 101 Å². The Bertz CT molecular complexity index is 596. The van der Waals surface area contributed by atoms with Crippen LogP contribution in [0.1, 0.15) is 106 Å². The zero-order valence-electron chi connectivity index (χ0n) is 26.4. The number of carbonyl (C=O) groups excluding carboxylic acids is 2. The minimum Gasteiger partial charge on any atom is -0.400 e. The Balaban J connectivity index is -0.000000325. The highest BCUT2D eigenvalue weighted by Gasteiger charge is 2.16. The lowest BCUT2D eigenvalue weighted by Crippen LogP contribution is -2.36. The number of nitrogens with one attached hydrogen (secondary N) is 1. The molecule has 1 rings (SSSR count). The Morgan fingerprint density at radius 1 is 0.973 bits per heavy atom. The number of nitrogens with zero attached hydrogens (tertiary/aromatic N) is 1. The molecule has 0 saturated carbocycles. The molecule has 0 saturated heterocycles. The molecule has 220 valence electrons. The van der Waals surface area contributed by atoms with Gasteiger partial charge in [0.15, 0.2) is 0 Å². The molecular weight excluding hydrogens is 464 g/mol. The summed E-state index contributed by atoms with van der Waals surface area (Å²) < 4.78 is 4.91. The van der Waals surface area contributed by atoms with Crippen molar-refractivity contribution in [1.29, 1.82) is 0 Å². The van der Waals surface area contributed by atoms with Crippen LogP contribution >= 0.6 is 0 Å². The Kier molecular flexibility index (Phi) is 36.6. The summed E-state index contributed by atoms with van der Waals surface area (Å²) in [5.74, 6) is 1.42. The van der Waals surface area contributed by atoms with E-state index in [1.54, 1.807) is 14.0 Å². The zero-order valence-corrected chi connectivity index (χ0v) is 26.4. The molecule has 2 amide bonds. The molecule has 0 fully saturated rings. The van der Waals surface area contributed by atoms with Crippen LogP contribution < -0.4 is 5.32 Å². The summed E-state index contributed by atoms with van der Waals surface area (Å²) in [6.45, 7) is 23.2. The van der Waals surface area contributed by atoms with Gasteiger partial charge in [-0.15, -0.1) is 0 Å². The second-order valence-corrected chi connectivity index (χ2v) is 8.69. The summed E-state index contributed by atoms with van der Waals surface area (Å²) in [7, 11) is 2.75. The van der Waals surface area contributed by atoms with Crippen molar-refractivity contribution in [2.24, 2.45) is 11.8 Å². The molecule has 6 heteroatoms. The van der Waals surface area contributed by atoms with Crippen molar-refractivity contribution in [3.8, 4) is 0 Å². The summed E-state index contributed by atoms with van der Waals surface area (Å²) in [6.07, 6.45) is 3.86. The number of rotatable bonds is 13. The summed E-state index contributed by atoms with van der Waals surface area (Å²) in [6, 6.07) is 10.2. The molecule has 0 aromatic heterocycles. The van der Waals surface area contributed by atoms with Gasteiger partial charge in [0.25, 0.3) is 0 Å². The van der Waals surface area contributed by atoms with Crippen LogP contribution in [0.25, 0.3) is 0 Å². The van der Waals surface area contributed by atoms with E-state index in [0.717, 1.165) is 32.6 Å².